The van der Waals surface area contributed by atoms with Gasteiger partial charge in [-0.3, -0.25) is 4.79 Å². The third-order valence-electron chi connectivity index (χ3n) is 3.84. The third kappa shape index (κ3) is 4.96. The molecule has 2 N–H and O–H groups in total. The van der Waals surface area contributed by atoms with Crippen LogP contribution >= 0.6 is 63.7 Å². The molecule has 0 bridgehead atoms. The summed E-state index contributed by atoms with van der Waals surface area (Å²) in [4.78, 5) is 38.5. The fourth-order valence-electron chi connectivity index (χ4n) is 2.43. The van der Waals surface area contributed by atoms with Crippen LogP contribution in [0, 0.1) is 0 Å². The Morgan fingerprint density at radius 3 is 1.43 bits per heavy atom. The van der Waals surface area contributed by atoms with Gasteiger partial charge in [0.25, 0.3) is 0 Å². The van der Waals surface area contributed by atoms with E-state index in [4.69, 9.17) is 9.47 Å². The van der Waals surface area contributed by atoms with Gasteiger partial charge in [-0.15, -0.1) is 0 Å². The number of phenols is 2. The summed E-state index contributed by atoms with van der Waals surface area (Å²) in [5.74, 6) is -3.16. The second-order valence-corrected chi connectivity index (χ2v) is 9.06. The van der Waals surface area contributed by atoms with Gasteiger partial charge >= 0.3 is 11.9 Å². The predicted molar refractivity (Wildman–Crippen MR) is 122 cm³/mol. The van der Waals surface area contributed by atoms with Crippen molar-refractivity contribution >= 4 is 87.0 Å². The van der Waals surface area contributed by atoms with Gasteiger partial charge in [0.1, 0.15) is 17.1 Å². The van der Waals surface area contributed by atoms with E-state index in [1.54, 1.807) is 0 Å². The van der Waals surface area contributed by atoms with Crippen molar-refractivity contribution in [2.45, 2.75) is 0 Å². The first-order valence-electron chi connectivity index (χ1n) is 7.85. The number of aromatic hydroxyl groups is 2. The summed E-state index contributed by atoms with van der Waals surface area (Å²) < 4.78 is 10.4. The summed E-state index contributed by atoms with van der Waals surface area (Å²) in [6, 6.07) is 5.29. The lowest BCUT2D eigenvalue weighted by atomic mass is 9.93. The van der Waals surface area contributed by atoms with E-state index >= 15 is 0 Å². The Morgan fingerprint density at radius 2 is 1.07 bits per heavy atom. The molecule has 0 atom stereocenters. The highest BCUT2D eigenvalue weighted by Gasteiger charge is 2.31. The van der Waals surface area contributed by atoms with Gasteiger partial charge in [0.05, 0.1) is 37.7 Å². The Balaban J connectivity index is 2.89. The van der Waals surface area contributed by atoms with Crippen LogP contribution in [0.4, 0.5) is 0 Å². The van der Waals surface area contributed by atoms with Crippen LogP contribution in [0.3, 0.4) is 0 Å². The molecule has 2 aromatic rings. The molecule has 7 nitrogen and oxygen atoms in total. The first-order chi connectivity index (χ1) is 14.0. The third-order valence-corrected chi connectivity index (χ3v) is 6.26. The molecule has 158 valence electrons. The first kappa shape index (κ1) is 24.6. The summed E-state index contributed by atoms with van der Waals surface area (Å²) in [5.41, 5.74) is -0.844. The van der Waals surface area contributed by atoms with Crippen LogP contribution in [-0.2, 0) is 19.1 Å². The molecule has 0 saturated carbocycles. The van der Waals surface area contributed by atoms with Gasteiger partial charge < -0.3 is 19.7 Å². The number of carbonyl (C=O) groups excluding carboxylic acids is 3. The normalized spacial score (nSPS) is 11.5. The minimum absolute atomic E-state index is 0.00902. The van der Waals surface area contributed by atoms with Crippen molar-refractivity contribution in [2.24, 2.45) is 0 Å². The molecule has 11 heteroatoms. The van der Waals surface area contributed by atoms with Crippen molar-refractivity contribution in [1.29, 1.82) is 0 Å². The van der Waals surface area contributed by atoms with Crippen LogP contribution < -0.4 is 0 Å². The summed E-state index contributed by atoms with van der Waals surface area (Å²) in [5, 5.41) is 19.8. The SMILES string of the molecule is COC(=O)/C(C(=O)c1cc(Br)c(O)c(Br)c1)=C(/C(=O)OC)c1cc(Br)c(O)c(Br)c1. The molecular weight excluding hydrogens is 660 g/mol. The van der Waals surface area contributed by atoms with Crippen molar-refractivity contribution in [3.05, 3.63) is 58.9 Å². The van der Waals surface area contributed by atoms with Gasteiger partial charge in [0, 0.05) is 5.56 Å². The lowest BCUT2D eigenvalue weighted by Crippen LogP contribution is -2.21. The summed E-state index contributed by atoms with van der Waals surface area (Å²) in [6.07, 6.45) is 0. The number of methoxy groups -OCH3 is 2. The summed E-state index contributed by atoms with van der Waals surface area (Å²) >= 11 is 12.6. The quantitative estimate of drug-likeness (QED) is 0.149. The lowest BCUT2D eigenvalue weighted by molar-refractivity contribution is -0.137. The van der Waals surface area contributed by atoms with Gasteiger partial charge in [-0.25, -0.2) is 9.59 Å². The number of hydrogen-bond acceptors (Lipinski definition) is 7. The summed E-state index contributed by atoms with van der Waals surface area (Å²) in [7, 11) is 2.16. The van der Waals surface area contributed by atoms with E-state index in [1.165, 1.54) is 24.3 Å². The topological polar surface area (TPSA) is 110 Å². The van der Waals surface area contributed by atoms with E-state index in [0.29, 0.717) is 0 Å². The molecule has 30 heavy (non-hydrogen) atoms. The zero-order chi connectivity index (χ0) is 22.7. The lowest BCUT2D eigenvalue weighted by Gasteiger charge is -2.14. The number of rotatable bonds is 5. The Hall–Kier alpha value is -1.69. The average Bonchev–Trinajstić information content (AvgIpc) is 2.71. The fourth-order valence-corrected chi connectivity index (χ4v) is 4.80. The van der Waals surface area contributed by atoms with Gasteiger partial charge in [-0.1, -0.05) is 0 Å². The maximum absolute atomic E-state index is 13.3. The largest absolute Gasteiger partial charge is 0.506 e. The molecule has 0 amide bonds. The van der Waals surface area contributed by atoms with E-state index in [-0.39, 0.29) is 46.1 Å². The number of esters is 2. The Bertz CT molecular complexity index is 1050. The molecule has 0 saturated heterocycles. The van der Waals surface area contributed by atoms with Crippen LogP contribution in [0.25, 0.3) is 5.57 Å². The van der Waals surface area contributed by atoms with Crippen LogP contribution in [-0.4, -0.2) is 42.2 Å². The van der Waals surface area contributed by atoms with Crippen LogP contribution in [0.5, 0.6) is 11.5 Å². The molecule has 0 aromatic heterocycles. The number of Topliss-reactive ketones (excluding diaryl/α,β-unsaturated/α-hetero) is 1. The predicted octanol–water partition coefficient (Wildman–Crippen LogP) is 5.13. The highest BCUT2D eigenvalue weighted by Crippen LogP contribution is 2.38. The van der Waals surface area contributed by atoms with Gasteiger partial charge in [0.15, 0.2) is 0 Å². The van der Waals surface area contributed by atoms with Crippen molar-refractivity contribution < 1.29 is 34.1 Å². The minimum atomic E-state index is -1.07. The van der Waals surface area contributed by atoms with Crippen LogP contribution in [0.15, 0.2) is 47.7 Å². The molecule has 0 aliphatic heterocycles. The number of phenolic OH excluding ortho intramolecular Hbond substituents is 2. The van der Waals surface area contributed by atoms with Crippen LogP contribution in [0.2, 0.25) is 0 Å². The van der Waals surface area contributed by atoms with E-state index in [1.807, 2.05) is 0 Å². The molecular formula is C19H12Br4O7. The summed E-state index contributed by atoms with van der Waals surface area (Å²) in [6.45, 7) is 0. The zero-order valence-corrected chi connectivity index (χ0v) is 21.6. The van der Waals surface area contributed by atoms with E-state index in [0.717, 1.165) is 14.2 Å². The number of ketones is 1. The van der Waals surface area contributed by atoms with E-state index < -0.39 is 23.3 Å². The highest BCUT2D eigenvalue weighted by atomic mass is 79.9. The number of benzene rings is 2. The van der Waals surface area contributed by atoms with Crippen molar-refractivity contribution in [2.75, 3.05) is 14.2 Å². The number of halogens is 4. The second-order valence-electron chi connectivity index (χ2n) is 5.64. The first-order valence-corrected chi connectivity index (χ1v) is 11.0. The van der Waals surface area contributed by atoms with E-state index in [2.05, 4.69) is 63.7 Å². The molecule has 0 aliphatic carbocycles. The number of hydrogen-bond donors (Lipinski definition) is 2. The number of ether oxygens (including phenoxy) is 2. The standard InChI is InChI=1S/C19H12Br4O7/c1-29-18(27)13(7-3-9(20)16(25)10(21)4-7)14(19(28)30-2)15(24)8-5-11(22)17(26)12(23)6-8/h3-6,25-26H,1-2H3/b14-13+. The highest BCUT2D eigenvalue weighted by molar-refractivity contribution is 9.11. The number of carbonyl (C=O) groups is 3. The fraction of sp³-hybridized carbons (Fsp3) is 0.105. The molecule has 2 aromatic carbocycles. The molecule has 2 rings (SSSR count). The van der Waals surface area contributed by atoms with Gasteiger partial charge in [0.2, 0.25) is 5.78 Å². The van der Waals surface area contributed by atoms with Crippen LogP contribution in [0.1, 0.15) is 15.9 Å². The maximum atomic E-state index is 13.3. The van der Waals surface area contributed by atoms with Gasteiger partial charge in [-0.2, -0.15) is 0 Å². The average molecular weight is 672 g/mol. The molecule has 0 unspecified atom stereocenters. The minimum Gasteiger partial charge on any atom is -0.506 e. The van der Waals surface area contributed by atoms with Crippen molar-refractivity contribution in [1.82, 2.24) is 0 Å². The monoisotopic (exact) mass is 668 g/mol. The van der Waals surface area contributed by atoms with Crippen molar-refractivity contribution in [3.8, 4) is 11.5 Å². The van der Waals surface area contributed by atoms with E-state index in [9.17, 15) is 24.6 Å². The smallest absolute Gasteiger partial charge is 0.342 e. The Kier molecular flexibility index (Phi) is 8.26. The van der Waals surface area contributed by atoms with Crippen molar-refractivity contribution in [3.63, 3.8) is 0 Å². The Labute approximate surface area is 204 Å². The maximum Gasteiger partial charge on any atom is 0.342 e. The molecule has 0 radical (unpaired) electrons. The zero-order valence-electron chi connectivity index (χ0n) is 15.3. The molecule has 0 aliphatic rings. The molecule has 0 heterocycles. The molecule has 0 spiro atoms. The molecule has 0 fully saturated rings. The second kappa shape index (κ2) is 10.1. The Morgan fingerprint density at radius 1 is 0.700 bits per heavy atom. The van der Waals surface area contributed by atoms with Gasteiger partial charge in [-0.05, 0) is 93.5 Å².